The van der Waals surface area contributed by atoms with Crippen molar-refractivity contribution in [3.05, 3.63) is 64.6 Å². The van der Waals surface area contributed by atoms with Crippen LogP contribution in [0.3, 0.4) is 0 Å². The van der Waals surface area contributed by atoms with Crippen molar-refractivity contribution in [2.45, 2.75) is 0 Å². The third-order valence-electron chi connectivity index (χ3n) is 4.56. The van der Waals surface area contributed by atoms with Gasteiger partial charge in [0.05, 0.1) is 41.8 Å². The molecule has 1 fully saturated rings. The highest BCUT2D eigenvalue weighted by Crippen LogP contribution is 2.30. The van der Waals surface area contributed by atoms with Crippen LogP contribution in [0.5, 0.6) is 0 Å². The summed E-state index contributed by atoms with van der Waals surface area (Å²) in [5.41, 5.74) is 3.00. The molecule has 0 spiro atoms. The Hall–Kier alpha value is -3.30. The van der Waals surface area contributed by atoms with E-state index in [1.807, 2.05) is 12.1 Å². The van der Waals surface area contributed by atoms with Crippen LogP contribution in [0.25, 0.3) is 11.0 Å². The number of morpholine rings is 1. The molecule has 2 heterocycles. The molecular weight excluding hydrogens is 390 g/mol. The Balaban J connectivity index is 1.62. The Bertz CT molecular complexity index is 1110. The summed E-state index contributed by atoms with van der Waals surface area (Å²) in [7, 11) is 0. The molecule has 0 atom stereocenters. The Morgan fingerprint density at radius 1 is 1.17 bits per heavy atom. The van der Waals surface area contributed by atoms with Gasteiger partial charge in [-0.05, 0) is 36.5 Å². The van der Waals surface area contributed by atoms with Crippen LogP contribution in [-0.4, -0.2) is 47.3 Å². The molecular formula is C20H19N5O3S. The molecule has 1 aromatic heterocycles. The largest absolute Gasteiger partial charge is 0.378 e. The maximum Gasteiger partial charge on any atom is 0.266 e. The SMILES string of the molecule is O=C(NC(=S)Nc1cc2[nH]c(=O)cnc2cc1N1CCOCC1)c1ccccc1. The van der Waals surface area contributed by atoms with E-state index >= 15 is 0 Å². The number of hydrogen-bond donors (Lipinski definition) is 3. The minimum absolute atomic E-state index is 0.166. The molecule has 1 aliphatic rings. The molecule has 0 unspecified atom stereocenters. The Labute approximate surface area is 171 Å². The van der Waals surface area contributed by atoms with Crippen LogP contribution in [0.4, 0.5) is 11.4 Å². The molecule has 1 amide bonds. The Morgan fingerprint density at radius 3 is 2.69 bits per heavy atom. The monoisotopic (exact) mass is 409 g/mol. The van der Waals surface area contributed by atoms with Crippen molar-refractivity contribution in [3.8, 4) is 0 Å². The van der Waals surface area contributed by atoms with Crippen LogP contribution in [0.15, 0.2) is 53.5 Å². The number of nitrogens with zero attached hydrogens (tertiary/aromatic N) is 2. The molecule has 29 heavy (non-hydrogen) atoms. The molecule has 3 N–H and O–H groups in total. The number of thiocarbonyl (C=S) groups is 1. The number of hydrogen-bond acceptors (Lipinski definition) is 6. The van der Waals surface area contributed by atoms with E-state index in [2.05, 4.69) is 25.5 Å². The summed E-state index contributed by atoms with van der Waals surface area (Å²) in [5, 5.41) is 5.94. The number of aromatic nitrogens is 2. The van der Waals surface area contributed by atoms with Gasteiger partial charge in [0.1, 0.15) is 0 Å². The highest BCUT2D eigenvalue weighted by Gasteiger charge is 2.18. The van der Waals surface area contributed by atoms with Crippen molar-refractivity contribution in [3.63, 3.8) is 0 Å². The summed E-state index contributed by atoms with van der Waals surface area (Å²) in [6.45, 7) is 2.66. The van der Waals surface area contributed by atoms with Crippen LogP contribution >= 0.6 is 12.2 Å². The summed E-state index contributed by atoms with van der Waals surface area (Å²) in [6, 6.07) is 12.5. The highest BCUT2D eigenvalue weighted by atomic mass is 32.1. The second kappa shape index (κ2) is 8.38. The van der Waals surface area contributed by atoms with E-state index in [0.717, 1.165) is 5.69 Å². The minimum atomic E-state index is -0.299. The zero-order chi connectivity index (χ0) is 20.2. The molecule has 9 heteroatoms. The van der Waals surface area contributed by atoms with Gasteiger partial charge in [-0.2, -0.15) is 0 Å². The fourth-order valence-electron chi connectivity index (χ4n) is 3.16. The molecule has 0 aliphatic carbocycles. The number of anilines is 2. The zero-order valence-corrected chi connectivity index (χ0v) is 16.3. The summed E-state index contributed by atoms with van der Waals surface area (Å²) in [6.07, 6.45) is 1.25. The van der Waals surface area contributed by atoms with E-state index in [4.69, 9.17) is 17.0 Å². The van der Waals surface area contributed by atoms with Gasteiger partial charge in [0.15, 0.2) is 5.11 Å². The van der Waals surface area contributed by atoms with Crippen molar-refractivity contribution in [1.29, 1.82) is 0 Å². The van der Waals surface area contributed by atoms with Crippen molar-refractivity contribution in [2.24, 2.45) is 0 Å². The standard InChI is InChI=1S/C20H19N5O3S/c26-18-12-21-14-11-17(25-6-8-28-9-7-25)16(10-15(14)22-18)23-20(29)24-19(27)13-4-2-1-3-5-13/h1-5,10-12H,6-9H2,(H,22,26)(H2,23,24,27,29). The summed E-state index contributed by atoms with van der Waals surface area (Å²) in [4.78, 5) is 33.2. The number of H-pyrrole nitrogens is 1. The van der Waals surface area contributed by atoms with E-state index in [1.165, 1.54) is 6.20 Å². The van der Waals surface area contributed by atoms with Gasteiger partial charge in [-0.15, -0.1) is 0 Å². The molecule has 1 saturated heterocycles. The fraction of sp³-hybridized carbons (Fsp3) is 0.200. The lowest BCUT2D eigenvalue weighted by molar-refractivity contribution is 0.0977. The Morgan fingerprint density at radius 2 is 1.93 bits per heavy atom. The number of carbonyl (C=O) groups excluding carboxylic acids is 1. The molecule has 0 radical (unpaired) electrons. The van der Waals surface area contributed by atoms with Gasteiger partial charge < -0.3 is 19.9 Å². The third kappa shape index (κ3) is 4.41. The van der Waals surface area contributed by atoms with Crippen LogP contribution in [0.2, 0.25) is 0 Å². The van der Waals surface area contributed by atoms with E-state index < -0.39 is 0 Å². The summed E-state index contributed by atoms with van der Waals surface area (Å²) >= 11 is 5.35. The molecule has 3 aromatic rings. The first-order valence-corrected chi connectivity index (χ1v) is 9.54. The van der Waals surface area contributed by atoms with Gasteiger partial charge in [0.25, 0.3) is 11.5 Å². The van der Waals surface area contributed by atoms with E-state index in [9.17, 15) is 9.59 Å². The predicted octanol–water partition coefficient (Wildman–Crippen LogP) is 1.89. The lowest BCUT2D eigenvalue weighted by Crippen LogP contribution is -2.38. The molecule has 4 rings (SSSR count). The van der Waals surface area contributed by atoms with Crippen LogP contribution in [0.1, 0.15) is 10.4 Å². The van der Waals surface area contributed by atoms with Gasteiger partial charge in [-0.3, -0.25) is 14.9 Å². The number of amides is 1. The number of nitrogens with one attached hydrogen (secondary N) is 3. The maximum atomic E-state index is 12.4. The van der Waals surface area contributed by atoms with Crippen LogP contribution in [0, 0.1) is 0 Å². The predicted molar refractivity (Wildman–Crippen MR) is 116 cm³/mol. The normalized spacial score (nSPS) is 13.9. The van der Waals surface area contributed by atoms with Crippen LogP contribution in [-0.2, 0) is 4.74 Å². The summed E-state index contributed by atoms with van der Waals surface area (Å²) in [5.74, 6) is -0.299. The van der Waals surface area contributed by atoms with Gasteiger partial charge in [-0.1, -0.05) is 18.2 Å². The van der Waals surface area contributed by atoms with Crippen molar-refractivity contribution in [2.75, 3.05) is 36.5 Å². The lowest BCUT2D eigenvalue weighted by atomic mass is 10.2. The smallest absolute Gasteiger partial charge is 0.266 e. The number of aromatic amines is 1. The molecule has 8 nitrogen and oxygen atoms in total. The van der Waals surface area contributed by atoms with Crippen molar-refractivity contribution >= 4 is 45.6 Å². The molecule has 148 valence electrons. The maximum absolute atomic E-state index is 12.4. The molecule has 0 saturated carbocycles. The number of carbonyl (C=O) groups is 1. The highest BCUT2D eigenvalue weighted by molar-refractivity contribution is 7.80. The molecule has 2 aromatic carbocycles. The third-order valence-corrected chi connectivity index (χ3v) is 4.76. The number of rotatable bonds is 3. The second-order valence-electron chi connectivity index (χ2n) is 6.51. The number of ether oxygens (including phenoxy) is 1. The van der Waals surface area contributed by atoms with E-state index in [-0.39, 0.29) is 16.6 Å². The minimum Gasteiger partial charge on any atom is -0.378 e. The number of benzene rings is 2. The zero-order valence-electron chi connectivity index (χ0n) is 15.5. The first-order valence-electron chi connectivity index (χ1n) is 9.13. The second-order valence-corrected chi connectivity index (χ2v) is 6.92. The lowest BCUT2D eigenvalue weighted by Gasteiger charge is -2.31. The quantitative estimate of drug-likeness (QED) is 0.568. The number of fused-ring (bicyclic) bond motifs is 1. The Kier molecular flexibility index (Phi) is 5.50. The topological polar surface area (TPSA) is 99.4 Å². The van der Waals surface area contributed by atoms with Gasteiger partial charge in [0, 0.05) is 18.7 Å². The molecule has 1 aliphatic heterocycles. The fourth-order valence-corrected chi connectivity index (χ4v) is 3.36. The average molecular weight is 409 g/mol. The van der Waals surface area contributed by atoms with Crippen molar-refractivity contribution in [1.82, 2.24) is 15.3 Å². The van der Waals surface area contributed by atoms with Gasteiger partial charge in [-0.25, -0.2) is 4.98 Å². The molecule has 0 bridgehead atoms. The van der Waals surface area contributed by atoms with Crippen molar-refractivity contribution < 1.29 is 9.53 Å². The van der Waals surface area contributed by atoms with Crippen LogP contribution < -0.4 is 21.1 Å². The average Bonchev–Trinajstić information content (AvgIpc) is 2.74. The first-order chi connectivity index (χ1) is 14.1. The van der Waals surface area contributed by atoms with Gasteiger partial charge >= 0.3 is 0 Å². The van der Waals surface area contributed by atoms with Gasteiger partial charge in [0.2, 0.25) is 0 Å². The first kappa shape index (κ1) is 19.0. The van der Waals surface area contributed by atoms with E-state index in [0.29, 0.717) is 48.6 Å². The summed E-state index contributed by atoms with van der Waals surface area (Å²) < 4.78 is 5.44. The van der Waals surface area contributed by atoms with E-state index in [1.54, 1.807) is 30.3 Å².